The molecule has 0 spiro atoms. The van der Waals surface area contributed by atoms with E-state index in [2.05, 4.69) is 37.4 Å². The topological polar surface area (TPSA) is 34.1 Å². The molecule has 1 aromatic heterocycles. The number of ether oxygens (including phenoxy) is 1. The maximum absolute atomic E-state index is 5.55. The minimum Gasteiger partial charge on any atom is -0.494 e. The van der Waals surface area contributed by atoms with Crippen molar-refractivity contribution in [2.24, 2.45) is 0 Å². The first-order valence-corrected chi connectivity index (χ1v) is 7.65. The predicted octanol–water partition coefficient (Wildman–Crippen LogP) is 3.96. The molecule has 3 heteroatoms. The van der Waals surface area contributed by atoms with Crippen LogP contribution >= 0.6 is 0 Å². The van der Waals surface area contributed by atoms with Gasteiger partial charge in [0.05, 0.1) is 12.3 Å². The van der Waals surface area contributed by atoms with Crippen molar-refractivity contribution in [1.82, 2.24) is 10.3 Å². The fourth-order valence-electron chi connectivity index (χ4n) is 2.25. The van der Waals surface area contributed by atoms with E-state index in [9.17, 15) is 0 Å². The van der Waals surface area contributed by atoms with E-state index in [0.717, 1.165) is 42.2 Å². The van der Waals surface area contributed by atoms with Crippen LogP contribution in [0.3, 0.4) is 0 Å². The molecule has 0 saturated heterocycles. The number of aromatic nitrogens is 1. The zero-order valence-electron chi connectivity index (χ0n) is 13.1. The molecule has 0 amide bonds. The first kappa shape index (κ1) is 15.5. The zero-order valence-corrected chi connectivity index (χ0v) is 13.1. The summed E-state index contributed by atoms with van der Waals surface area (Å²) < 4.78 is 5.55. The van der Waals surface area contributed by atoms with E-state index in [1.54, 1.807) is 0 Å². The Bertz CT molecular complexity index is 581. The van der Waals surface area contributed by atoms with E-state index in [0.29, 0.717) is 6.61 Å². The van der Waals surface area contributed by atoms with Gasteiger partial charge in [-0.2, -0.15) is 0 Å². The molecule has 2 rings (SSSR count). The maximum Gasteiger partial charge on any atom is 0.119 e. The summed E-state index contributed by atoms with van der Waals surface area (Å²) in [5.41, 5.74) is 4.43. The summed E-state index contributed by atoms with van der Waals surface area (Å²) in [6.07, 6.45) is 1.15. The van der Waals surface area contributed by atoms with Crippen molar-refractivity contribution in [2.45, 2.75) is 33.7 Å². The molecule has 0 aliphatic rings. The third kappa shape index (κ3) is 4.30. The first-order chi connectivity index (χ1) is 10.2. The molecule has 0 aliphatic heterocycles. The molecular weight excluding hydrogens is 260 g/mol. The first-order valence-electron chi connectivity index (χ1n) is 7.65. The lowest BCUT2D eigenvalue weighted by molar-refractivity contribution is 0.340. The normalized spacial score (nSPS) is 10.6. The molecule has 112 valence electrons. The fraction of sp³-hybridized carbons (Fsp3) is 0.389. The van der Waals surface area contributed by atoms with Crippen LogP contribution in [0.15, 0.2) is 36.4 Å². The molecule has 3 nitrogen and oxygen atoms in total. The second-order valence-corrected chi connectivity index (χ2v) is 5.08. The average Bonchev–Trinajstić information content (AvgIpc) is 2.50. The van der Waals surface area contributed by atoms with Gasteiger partial charge in [0.25, 0.3) is 0 Å². The summed E-state index contributed by atoms with van der Waals surface area (Å²) in [5.74, 6) is 0.892. The van der Waals surface area contributed by atoms with Crippen molar-refractivity contribution in [3.8, 4) is 17.0 Å². The molecule has 21 heavy (non-hydrogen) atoms. The quantitative estimate of drug-likeness (QED) is 0.782. The Morgan fingerprint density at radius 3 is 2.71 bits per heavy atom. The summed E-state index contributed by atoms with van der Waals surface area (Å²) in [7, 11) is 0. The molecule has 0 radical (unpaired) electrons. The fourth-order valence-corrected chi connectivity index (χ4v) is 2.25. The Labute approximate surface area is 127 Å². The highest BCUT2D eigenvalue weighted by Gasteiger charge is 2.05. The number of pyridine rings is 1. The SMILES string of the molecule is CCCNCc1ccc(-c2cccc(OCC)c2)nc1C. The summed E-state index contributed by atoms with van der Waals surface area (Å²) in [6.45, 7) is 8.83. The standard InChI is InChI=1S/C18H24N2O/c1-4-11-19-13-16-9-10-18(20-14(16)3)15-7-6-8-17(12-15)21-5-2/h6-10,12,19H,4-5,11,13H2,1-3H3. The van der Waals surface area contributed by atoms with Gasteiger partial charge in [0, 0.05) is 17.8 Å². The van der Waals surface area contributed by atoms with Crippen LogP contribution in [-0.4, -0.2) is 18.1 Å². The number of hydrogen-bond acceptors (Lipinski definition) is 3. The number of hydrogen-bond donors (Lipinski definition) is 1. The molecule has 0 saturated carbocycles. The number of aryl methyl sites for hydroxylation is 1. The highest BCUT2D eigenvalue weighted by molar-refractivity contribution is 5.61. The van der Waals surface area contributed by atoms with Crippen LogP contribution in [-0.2, 0) is 6.54 Å². The highest BCUT2D eigenvalue weighted by atomic mass is 16.5. The molecule has 0 fully saturated rings. The second kappa shape index (κ2) is 7.79. The summed E-state index contributed by atoms with van der Waals surface area (Å²) in [4.78, 5) is 4.73. The van der Waals surface area contributed by atoms with Gasteiger partial charge < -0.3 is 10.1 Å². The van der Waals surface area contributed by atoms with E-state index in [1.165, 1.54) is 5.56 Å². The Balaban J connectivity index is 2.17. The molecule has 2 aromatic rings. The van der Waals surface area contributed by atoms with Crippen molar-refractivity contribution < 1.29 is 4.74 Å². The summed E-state index contributed by atoms with van der Waals surface area (Å²) in [6, 6.07) is 12.3. The van der Waals surface area contributed by atoms with E-state index in [4.69, 9.17) is 9.72 Å². The minimum atomic E-state index is 0.679. The molecule has 1 heterocycles. The lowest BCUT2D eigenvalue weighted by Gasteiger charge is -2.10. The second-order valence-electron chi connectivity index (χ2n) is 5.08. The Morgan fingerprint density at radius 1 is 1.14 bits per heavy atom. The summed E-state index contributed by atoms with van der Waals surface area (Å²) in [5, 5.41) is 3.42. The van der Waals surface area contributed by atoms with E-state index >= 15 is 0 Å². The van der Waals surface area contributed by atoms with Gasteiger partial charge in [0.15, 0.2) is 0 Å². The van der Waals surface area contributed by atoms with Crippen LogP contribution in [0.4, 0.5) is 0 Å². The molecular formula is C18H24N2O. The van der Waals surface area contributed by atoms with Crippen molar-refractivity contribution in [2.75, 3.05) is 13.2 Å². The number of nitrogens with zero attached hydrogens (tertiary/aromatic N) is 1. The lowest BCUT2D eigenvalue weighted by Crippen LogP contribution is -2.15. The number of nitrogens with one attached hydrogen (secondary N) is 1. The Morgan fingerprint density at radius 2 is 2.00 bits per heavy atom. The van der Waals surface area contributed by atoms with Gasteiger partial charge in [-0.15, -0.1) is 0 Å². The molecule has 0 aliphatic carbocycles. The van der Waals surface area contributed by atoms with Crippen LogP contribution in [0.2, 0.25) is 0 Å². The molecule has 1 aromatic carbocycles. The van der Waals surface area contributed by atoms with E-state index in [1.807, 2.05) is 25.1 Å². The molecule has 0 bridgehead atoms. The van der Waals surface area contributed by atoms with E-state index < -0.39 is 0 Å². The van der Waals surface area contributed by atoms with Crippen LogP contribution in [0, 0.1) is 6.92 Å². The van der Waals surface area contributed by atoms with Gasteiger partial charge in [-0.3, -0.25) is 4.98 Å². The van der Waals surface area contributed by atoms with Gasteiger partial charge in [-0.1, -0.05) is 25.1 Å². The molecule has 0 atom stereocenters. The third-order valence-electron chi connectivity index (χ3n) is 3.38. The molecule has 0 unspecified atom stereocenters. The van der Waals surface area contributed by atoms with Gasteiger partial charge in [-0.05, 0) is 50.6 Å². The number of benzene rings is 1. The Hall–Kier alpha value is -1.87. The van der Waals surface area contributed by atoms with Crippen LogP contribution in [0.25, 0.3) is 11.3 Å². The summed E-state index contributed by atoms with van der Waals surface area (Å²) >= 11 is 0. The molecule has 1 N–H and O–H groups in total. The lowest BCUT2D eigenvalue weighted by atomic mass is 10.1. The zero-order chi connectivity index (χ0) is 15.1. The van der Waals surface area contributed by atoms with Crippen LogP contribution in [0.5, 0.6) is 5.75 Å². The predicted molar refractivity (Wildman–Crippen MR) is 87.6 cm³/mol. The minimum absolute atomic E-state index is 0.679. The van der Waals surface area contributed by atoms with Crippen molar-refractivity contribution in [3.05, 3.63) is 47.7 Å². The maximum atomic E-state index is 5.55. The highest BCUT2D eigenvalue weighted by Crippen LogP contribution is 2.23. The van der Waals surface area contributed by atoms with Crippen molar-refractivity contribution >= 4 is 0 Å². The smallest absolute Gasteiger partial charge is 0.119 e. The van der Waals surface area contributed by atoms with Crippen molar-refractivity contribution in [3.63, 3.8) is 0 Å². The number of rotatable bonds is 7. The van der Waals surface area contributed by atoms with Gasteiger partial charge >= 0.3 is 0 Å². The average molecular weight is 284 g/mol. The van der Waals surface area contributed by atoms with Gasteiger partial charge in [-0.25, -0.2) is 0 Å². The largest absolute Gasteiger partial charge is 0.494 e. The van der Waals surface area contributed by atoms with Crippen molar-refractivity contribution in [1.29, 1.82) is 0 Å². The third-order valence-corrected chi connectivity index (χ3v) is 3.38. The van der Waals surface area contributed by atoms with Gasteiger partial charge in [0.2, 0.25) is 0 Å². The van der Waals surface area contributed by atoms with Crippen LogP contribution < -0.4 is 10.1 Å². The van der Waals surface area contributed by atoms with Crippen LogP contribution in [0.1, 0.15) is 31.5 Å². The van der Waals surface area contributed by atoms with Gasteiger partial charge in [0.1, 0.15) is 5.75 Å². The van der Waals surface area contributed by atoms with E-state index in [-0.39, 0.29) is 0 Å². The monoisotopic (exact) mass is 284 g/mol. The Kier molecular flexibility index (Phi) is 5.76.